The third-order valence-corrected chi connectivity index (χ3v) is 2.64. The van der Waals surface area contributed by atoms with Crippen LogP contribution in [0.25, 0.3) is 0 Å². The maximum atomic E-state index is 5.66. The Hall–Kier alpha value is -0.0400. The zero-order valence-electron chi connectivity index (χ0n) is 8.27. The molecule has 0 spiro atoms. The van der Waals surface area contributed by atoms with Crippen LogP contribution in [-0.4, -0.2) is 6.54 Å². The molecule has 2 atom stereocenters. The Labute approximate surface area is 71.4 Å². The predicted molar refractivity (Wildman–Crippen MR) is 51.5 cm³/mol. The lowest BCUT2D eigenvalue weighted by atomic mass is 9.88. The number of unbranched alkanes of at least 4 members (excludes halogenated alkanes) is 1. The van der Waals surface area contributed by atoms with Crippen LogP contribution < -0.4 is 5.73 Å². The van der Waals surface area contributed by atoms with E-state index in [0.717, 1.165) is 18.4 Å². The van der Waals surface area contributed by atoms with Crippen molar-refractivity contribution in [1.29, 1.82) is 0 Å². The summed E-state index contributed by atoms with van der Waals surface area (Å²) in [6.45, 7) is 7.67. The molecule has 0 aliphatic heterocycles. The Morgan fingerprint density at radius 3 is 2.27 bits per heavy atom. The van der Waals surface area contributed by atoms with Crippen LogP contribution in [0, 0.1) is 11.8 Å². The molecule has 11 heavy (non-hydrogen) atoms. The quantitative estimate of drug-likeness (QED) is 0.630. The van der Waals surface area contributed by atoms with Crippen LogP contribution in [0.5, 0.6) is 0 Å². The van der Waals surface area contributed by atoms with Crippen LogP contribution in [0.4, 0.5) is 0 Å². The highest BCUT2D eigenvalue weighted by atomic mass is 14.5. The minimum Gasteiger partial charge on any atom is -0.330 e. The van der Waals surface area contributed by atoms with Crippen molar-refractivity contribution in [3.8, 4) is 0 Å². The van der Waals surface area contributed by atoms with Crippen LogP contribution in [0.2, 0.25) is 0 Å². The van der Waals surface area contributed by atoms with Crippen molar-refractivity contribution in [2.75, 3.05) is 6.54 Å². The maximum absolute atomic E-state index is 5.66. The van der Waals surface area contributed by atoms with E-state index in [4.69, 9.17) is 5.73 Å². The summed E-state index contributed by atoms with van der Waals surface area (Å²) in [6, 6.07) is 0. The third-order valence-electron chi connectivity index (χ3n) is 2.64. The highest BCUT2D eigenvalue weighted by Crippen LogP contribution is 2.19. The number of hydrogen-bond donors (Lipinski definition) is 1. The normalized spacial score (nSPS) is 16.4. The summed E-state index contributed by atoms with van der Waals surface area (Å²) in [6.07, 6.45) is 5.26. The van der Waals surface area contributed by atoms with E-state index in [0.29, 0.717) is 0 Å². The summed E-state index contributed by atoms with van der Waals surface area (Å²) in [5.41, 5.74) is 5.66. The molecule has 2 N–H and O–H groups in total. The van der Waals surface area contributed by atoms with Gasteiger partial charge in [0.1, 0.15) is 0 Å². The van der Waals surface area contributed by atoms with Crippen molar-refractivity contribution in [1.82, 2.24) is 0 Å². The van der Waals surface area contributed by atoms with Crippen molar-refractivity contribution in [2.45, 2.75) is 46.5 Å². The van der Waals surface area contributed by atoms with Crippen LogP contribution in [0.1, 0.15) is 46.5 Å². The Balaban J connectivity index is 3.51. The molecule has 0 radical (unpaired) electrons. The SMILES string of the molecule is CCCCC(C)C(CC)CN. The van der Waals surface area contributed by atoms with Gasteiger partial charge in [0.05, 0.1) is 0 Å². The third kappa shape index (κ3) is 4.41. The standard InChI is InChI=1S/C10H23N/c1-4-6-7-9(3)10(5-2)8-11/h9-10H,4-8,11H2,1-3H3. The summed E-state index contributed by atoms with van der Waals surface area (Å²) >= 11 is 0. The molecular formula is C10H23N. The Bertz CT molecular complexity index is 76.9. The van der Waals surface area contributed by atoms with Gasteiger partial charge in [-0.1, -0.05) is 46.5 Å². The van der Waals surface area contributed by atoms with Crippen LogP contribution in [0.15, 0.2) is 0 Å². The van der Waals surface area contributed by atoms with E-state index in [2.05, 4.69) is 20.8 Å². The minimum absolute atomic E-state index is 0.751. The van der Waals surface area contributed by atoms with Gasteiger partial charge in [0.2, 0.25) is 0 Å². The van der Waals surface area contributed by atoms with Gasteiger partial charge in [-0.15, -0.1) is 0 Å². The molecule has 0 aliphatic carbocycles. The van der Waals surface area contributed by atoms with Crippen molar-refractivity contribution >= 4 is 0 Å². The van der Waals surface area contributed by atoms with Crippen LogP contribution in [-0.2, 0) is 0 Å². The number of rotatable bonds is 6. The lowest BCUT2D eigenvalue weighted by Crippen LogP contribution is -2.20. The smallest absolute Gasteiger partial charge is 0.00464 e. The Morgan fingerprint density at radius 1 is 1.27 bits per heavy atom. The monoisotopic (exact) mass is 157 g/mol. The van der Waals surface area contributed by atoms with E-state index in [9.17, 15) is 0 Å². The summed E-state index contributed by atoms with van der Waals surface area (Å²) in [5, 5.41) is 0. The van der Waals surface area contributed by atoms with Gasteiger partial charge in [-0.2, -0.15) is 0 Å². The molecule has 1 nitrogen and oxygen atoms in total. The second kappa shape index (κ2) is 6.66. The molecule has 0 rings (SSSR count). The second-order valence-corrected chi connectivity index (χ2v) is 3.52. The fraction of sp³-hybridized carbons (Fsp3) is 1.00. The average Bonchev–Trinajstić information content (AvgIpc) is 2.03. The molecule has 0 saturated heterocycles. The van der Waals surface area contributed by atoms with Crippen molar-refractivity contribution in [3.63, 3.8) is 0 Å². The molecule has 0 aromatic rings. The van der Waals surface area contributed by atoms with E-state index in [1.807, 2.05) is 0 Å². The zero-order valence-corrected chi connectivity index (χ0v) is 8.27. The summed E-state index contributed by atoms with van der Waals surface area (Å²) in [7, 11) is 0. The maximum Gasteiger partial charge on any atom is -0.00464 e. The van der Waals surface area contributed by atoms with Crippen LogP contribution in [0.3, 0.4) is 0 Å². The van der Waals surface area contributed by atoms with Crippen molar-refractivity contribution in [2.24, 2.45) is 17.6 Å². The highest BCUT2D eigenvalue weighted by molar-refractivity contribution is 4.65. The fourth-order valence-corrected chi connectivity index (χ4v) is 1.56. The van der Waals surface area contributed by atoms with Gasteiger partial charge in [-0.3, -0.25) is 0 Å². The van der Waals surface area contributed by atoms with Crippen molar-refractivity contribution < 1.29 is 0 Å². The van der Waals surface area contributed by atoms with Crippen LogP contribution >= 0.6 is 0 Å². The summed E-state index contributed by atoms with van der Waals surface area (Å²) < 4.78 is 0. The molecule has 0 bridgehead atoms. The van der Waals surface area contributed by atoms with Gasteiger partial charge in [-0.05, 0) is 18.4 Å². The van der Waals surface area contributed by atoms with Gasteiger partial charge in [0, 0.05) is 0 Å². The van der Waals surface area contributed by atoms with E-state index in [1.165, 1.54) is 25.7 Å². The van der Waals surface area contributed by atoms with E-state index in [-0.39, 0.29) is 0 Å². The minimum atomic E-state index is 0.751. The molecule has 1 heteroatoms. The van der Waals surface area contributed by atoms with Gasteiger partial charge in [-0.25, -0.2) is 0 Å². The molecular weight excluding hydrogens is 134 g/mol. The molecule has 0 amide bonds. The molecule has 0 fully saturated rings. The first-order valence-corrected chi connectivity index (χ1v) is 4.96. The van der Waals surface area contributed by atoms with E-state index < -0.39 is 0 Å². The zero-order chi connectivity index (χ0) is 8.69. The number of hydrogen-bond acceptors (Lipinski definition) is 1. The number of nitrogens with two attached hydrogens (primary N) is 1. The van der Waals surface area contributed by atoms with Crippen molar-refractivity contribution in [3.05, 3.63) is 0 Å². The highest BCUT2D eigenvalue weighted by Gasteiger charge is 2.12. The summed E-state index contributed by atoms with van der Waals surface area (Å²) in [5.74, 6) is 1.58. The van der Waals surface area contributed by atoms with E-state index >= 15 is 0 Å². The Kier molecular flexibility index (Phi) is 6.63. The average molecular weight is 157 g/mol. The first-order chi connectivity index (χ1) is 5.26. The lowest BCUT2D eigenvalue weighted by molar-refractivity contribution is 0.328. The first-order valence-electron chi connectivity index (χ1n) is 4.96. The van der Waals surface area contributed by atoms with E-state index in [1.54, 1.807) is 0 Å². The van der Waals surface area contributed by atoms with Gasteiger partial charge < -0.3 is 5.73 Å². The molecule has 68 valence electrons. The lowest BCUT2D eigenvalue weighted by Gasteiger charge is -2.20. The predicted octanol–water partition coefficient (Wildman–Crippen LogP) is 2.80. The molecule has 0 aliphatic rings. The first kappa shape index (κ1) is 11.0. The fourth-order valence-electron chi connectivity index (χ4n) is 1.56. The molecule has 0 saturated carbocycles. The Morgan fingerprint density at radius 2 is 1.91 bits per heavy atom. The molecule has 0 aromatic carbocycles. The van der Waals surface area contributed by atoms with Gasteiger partial charge >= 0.3 is 0 Å². The molecule has 2 unspecified atom stereocenters. The second-order valence-electron chi connectivity index (χ2n) is 3.52. The van der Waals surface area contributed by atoms with Gasteiger partial charge in [0.15, 0.2) is 0 Å². The molecule has 0 heterocycles. The largest absolute Gasteiger partial charge is 0.330 e. The topological polar surface area (TPSA) is 26.0 Å². The van der Waals surface area contributed by atoms with Gasteiger partial charge in [0.25, 0.3) is 0 Å². The summed E-state index contributed by atoms with van der Waals surface area (Å²) in [4.78, 5) is 0. The molecule has 0 aromatic heterocycles.